The van der Waals surface area contributed by atoms with Crippen LogP contribution in [0.25, 0.3) is 0 Å². The summed E-state index contributed by atoms with van der Waals surface area (Å²) in [7, 11) is -4.94. The topological polar surface area (TPSA) is 212 Å². The van der Waals surface area contributed by atoms with E-state index in [-0.39, 0.29) is 24.7 Å². The van der Waals surface area contributed by atoms with Crippen LogP contribution in [0.4, 0.5) is 9.59 Å². The molecular formula is C10H14N8O6S. The number of primary amides is 1. The summed E-state index contributed by atoms with van der Waals surface area (Å²) in [5.41, 5.74) is 16.4. The maximum atomic E-state index is 12.4. The smallest absolute Gasteiger partial charge is 0.370 e. The Morgan fingerprint density at radius 1 is 1.44 bits per heavy atom. The molecular weight excluding hydrogens is 360 g/mol. The summed E-state index contributed by atoms with van der Waals surface area (Å²) < 4.78 is 36.1. The Kier molecular flexibility index (Phi) is 3.77. The number of rotatable bonds is 4. The lowest BCUT2D eigenvalue weighted by molar-refractivity contribution is -0.0317. The van der Waals surface area contributed by atoms with Gasteiger partial charge in [-0.2, -0.15) is 23.3 Å². The summed E-state index contributed by atoms with van der Waals surface area (Å²) in [4.78, 5) is 28.8. The average Bonchev–Trinajstić information content (AvgIpc) is 3.02. The molecule has 1 saturated heterocycles. The molecule has 2 aliphatic heterocycles. The third-order valence-electron chi connectivity index (χ3n) is 3.76. The molecule has 15 heteroatoms. The first-order valence-electron chi connectivity index (χ1n) is 6.80. The normalized spacial score (nSPS) is 22.0. The molecule has 0 saturated carbocycles. The number of hydrogen-bond acceptors (Lipinski definition) is 7. The average molecular weight is 374 g/mol. The molecule has 2 bridgehead atoms. The van der Waals surface area contributed by atoms with E-state index in [1.807, 2.05) is 0 Å². The number of hydrogen-bond donors (Lipinski definition) is 4. The van der Waals surface area contributed by atoms with Crippen LogP contribution in [-0.2, 0) is 14.7 Å². The summed E-state index contributed by atoms with van der Waals surface area (Å²) in [5, 5.41) is 4.50. The molecule has 3 heterocycles. The van der Waals surface area contributed by atoms with Crippen LogP contribution < -0.4 is 17.2 Å². The molecule has 0 aliphatic carbocycles. The van der Waals surface area contributed by atoms with Gasteiger partial charge in [0.1, 0.15) is 6.04 Å². The molecule has 1 aromatic rings. The molecule has 0 radical (unpaired) electrons. The second kappa shape index (κ2) is 5.57. The van der Waals surface area contributed by atoms with Gasteiger partial charge < -0.3 is 22.1 Å². The van der Waals surface area contributed by atoms with Gasteiger partial charge in [-0.25, -0.2) is 9.59 Å². The lowest BCUT2D eigenvalue weighted by Gasteiger charge is -2.28. The van der Waals surface area contributed by atoms with Crippen molar-refractivity contribution >= 4 is 28.4 Å². The molecule has 2 unspecified atom stereocenters. The molecule has 0 spiro atoms. The van der Waals surface area contributed by atoms with E-state index in [0.29, 0.717) is 10.6 Å². The zero-order valence-corrected chi connectivity index (χ0v) is 13.3. The fraction of sp³-hybridized carbons (Fsp3) is 0.400. The van der Waals surface area contributed by atoms with E-state index < -0.39 is 34.5 Å². The zero-order valence-electron chi connectivity index (χ0n) is 12.5. The van der Waals surface area contributed by atoms with Crippen LogP contribution in [0.2, 0.25) is 0 Å². The van der Waals surface area contributed by atoms with Crippen molar-refractivity contribution in [2.75, 3.05) is 13.1 Å². The lowest BCUT2D eigenvalue weighted by atomic mass is 9.98. The standard InChI is InChI=1S/C10H14N8O6S/c11-8(12)14-1-5-7-4(2-17(15-7)9(13)19)6-3-16(5)10(20)18(6)24-25(21,22)23/h2,5-6H,1,3H2,(H2,13,19)(H4,11,12,14)(H,21,22,23). The molecule has 2 aliphatic rings. The third-order valence-corrected chi connectivity index (χ3v) is 4.11. The quantitative estimate of drug-likeness (QED) is 0.252. The number of aliphatic imine (C=N–C) groups is 1. The highest BCUT2D eigenvalue weighted by molar-refractivity contribution is 7.80. The van der Waals surface area contributed by atoms with Gasteiger partial charge in [0.2, 0.25) is 0 Å². The Bertz CT molecular complexity index is 874. The SMILES string of the molecule is NC(=O)n1cc2c(n1)C(CN=C(N)N)N1CC2N(OS(=O)(=O)O)C1=O. The maximum absolute atomic E-state index is 12.4. The summed E-state index contributed by atoms with van der Waals surface area (Å²) in [6.45, 7) is -0.0697. The second-order valence-corrected chi connectivity index (χ2v) is 6.32. The fourth-order valence-corrected chi connectivity index (χ4v) is 3.19. The van der Waals surface area contributed by atoms with Gasteiger partial charge in [0.05, 0.1) is 24.8 Å². The zero-order chi connectivity index (χ0) is 18.5. The van der Waals surface area contributed by atoms with Gasteiger partial charge in [-0.15, -0.1) is 4.28 Å². The minimum atomic E-state index is -4.94. The Balaban J connectivity index is 2.07. The van der Waals surface area contributed by atoms with Crippen molar-refractivity contribution in [3.8, 4) is 0 Å². The number of nitrogens with two attached hydrogens (primary N) is 3. The van der Waals surface area contributed by atoms with Crippen molar-refractivity contribution in [1.29, 1.82) is 0 Å². The van der Waals surface area contributed by atoms with Gasteiger partial charge in [-0.3, -0.25) is 9.55 Å². The Labute approximate surface area is 140 Å². The summed E-state index contributed by atoms with van der Waals surface area (Å²) in [6, 6.07) is -3.42. The van der Waals surface area contributed by atoms with Crippen molar-refractivity contribution in [3.05, 3.63) is 17.5 Å². The fourth-order valence-electron chi connectivity index (χ4n) is 2.82. The van der Waals surface area contributed by atoms with Crippen molar-refractivity contribution in [2.24, 2.45) is 22.2 Å². The number of urea groups is 1. The second-order valence-electron chi connectivity index (χ2n) is 5.31. The predicted octanol–water partition coefficient (Wildman–Crippen LogP) is -2.35. The molecule has 2 atom stereocenters. The summed E-state index contributed by atoms with van der Waals surface area (Å²) in [6.07, 6.45) is 1.25. The van der Waals surface area contributed by atoms with Crippen molar-refractivity contribution < 1.29 is 26.8 Å². The minimum absolute atomic E-state index is 0.0104. The molecule has 3 rings (SSSR count). The van der Waals surface area contributed by atoms with E-state index in [1.165, 1.54) is 11.1 Å². The monoisotopic (exact) mass is 374 g/mol. The van der Waals surface area contributed by atoms with Crippen LogP contribution in [0.3, 0.4) is 0 Å². The minimum Gasteiger partial charge on any atom is -0.370 e. The van der Waals surface area contributed by atoms with E-state index in [9.17, 15) is 18.0 Å². The van der Waals surface area contributed by atoms with Crippen LogP contribution in [-0.4, -0.2) is 63.8 Å². The predicted molar refractivity (Wildman–Crippen MR) is 79.9 cm³/mol. The van der Waals surface area contributed by atoms with Gasteiger partial charge in [-0.1, -0.05) is 0 Å². The van der Waals surface area contributed by atoms with Crippen LogP contribution in [0.1, 0.15) is 23.3 Å². The number of hydroxylamine groups is 2. The summed E-state index contributed by atoms with van der Waals surface area (Å²) in [5.74, 6) is -0.226. The highest BCUT2D eigenvalue weighted by Crippen LogP contribution is 2.43. The van der Waals surface area contributed by atoms with Gasteiger partial charge in [0, 0.05) is 11.8 Å². The highest BCUT2D eigenvalue weighted by atomic mass is 32.3. The number of aromatic nitrogens is 2. The number of carbonyl (C=O) groups is 2. The Hall–Kier alpha value is -2.91. The first-order chi connectivity index (χ1) is 11.6. The van der Waals surface area contributed by atoms with E-state index in [4.69, 9.17) is 21.8 Å². The van der Waals surface area contributed by atoms with Crippen LogP contribution >= 0.6 is 0 Å². The van der Waals surface area contributed by atoms with E-state index in [2.05, 4.69) is 14.4 Å². The lowest BCUT2D eigenvalue weighted by Crippen LogP contribution is -2.37. The maximum Gasteiger partial charge on any atom is 0.418 e. The molecule has 136 valence electrons. The van der Waals surface area contributed by atoms with Crippen LogP contribution in [0.5, 0.6) is 0 Å². The number of amides is 3. The molecule has 0 aromatic carbocycles. The van der Waals surface area contributed by atoms with E-state index in [1.54, 1.807) is 0 Å². The molecule has 1 fully saturated rings. The number of guanidine groups is 1. The van der Waals surface area contributed by atoms with E-state index >= 15 is 0 Å². The molecule has 14 nitrogen and oxygen atoms in total. The largest absolute Gasteiger partial charge is 0.418 e. The Morgan fingerprint density at radius 2 is 2.12 bits per heavy atom. The van der Waals surface area contributed by atoms with Gasteiger partial charge in [0.25, 0.3) is 0 Å². The first kappa shape index (κ1) is 16.9. The first-order valence-corrected chi connectivity index (χ1v) is 8.16. The number of fused-ring (bicyclic) bond motifs is 4. The van der Waals surface area contributed by atoms with Crippen molar-refractivity contribution in [2.45, 2.75) is 12.1 Å². The van der Waals surface area contributed by atoms with Crippen LogP contribution in [0.15, 0.2) is 11.2 Å². The number of carbonyl (C=O) groups excluding carboxylic acids is 2. The Morgan fingerprint density at radius 3 is 2.68 bits per heavy atom. The van der Waals surface area contributed by atoms with Crippen LogP contribution in [0, 0.1) is 0 Å². The molecule has 25 heavy (non-hydrogen) atoms. The van der Waals surface area contributed by atoms with Gasteiger partial charge >= 0.3 is 22.5 Å². The number of nitrogens with zero attached hydrogens (tertiary/aromatic N) is 5. The van der Waals surface area contributed by atoms with Crippen molar-refractivity contribution in [1.82, 2.24) is 19.7 Å². The van der Waals surface area contributed by atoms with E-state index in [0.717, 1.165) is 4.68 Å². The highest BCUT2D eigenvalue weighted by Gasteiger charge is 2.51. The van der Waals surface area contributed by atoms with Crippen molar-refractivity contribution in [3.63, 3.8) is 0 Å². The summed E-state index contributed by atoms with van der Waals surface area (Å²) >= 11 is 0. The third kappa shape index (κ3) is 2.94. The molecule has 7 N–H and O–H groups in total. The van der Waals surface area contributed by atoms with Gasteiger partial charge in [0.15, 0.2) is 5.96 Å². The molecule has 1 aromatic heterocycles. The molecule has 3 amide bonds. The van der Waals surface area contributed by atoms with Gasteiger partial charge in [-0.05, 0) is 0 Å².